The molecule has 0 N–H and O–H groups in total. The van der Waals surface area contributed by atoms with Crippen LogP contribution in [0.25, 0.3) is 217 Å². The van der Waals surface area contributed by atoms with Gasteiger partial charge in [-0.2, -0.15) is 0 Å². The van der Waals surface area contributed by atoms with Crippen LogP contribution in [-0.4, -0.2) is 43.6 Å². The van der Waals surface area contributed by atoms with Gasteiger partial charge in [-0.3, -0.25) is 0 Å². The van der Waals surface area contributed by atoms with Crippen LogP contribution in [0.3, 0.4) is 0 Å². The van der Waals surface area contributed by atoms with E-state index in [2.05, 4.69) is 208 Å². The Morgan fingerprint density at radius 1 is 0.194 bits per heavy atom. The van der Waals surface area contributed by atoms with Gasteiger partial charge < -0.3 is 27.0 Å². The predicted octanol–water partition coefficient (Wildman–Crippen LogP) is 24.7. The summed E-state index contributed by atoms with van der Waals surface area (Å²) in [6.45, 7) is 0. The third kappa shape index (κ3) is 9.64. The molecule has 0 bridgehead atoms. The Bertz CT molecular complexity index is 7430. The number of aromatic nitrogens is 9. The summed E-state index contributed by atoms with van der Waals surface area (Å²) in [4.78, 5) is 29.8. The number of para-hydroxylation sites is 7. The highest BCUT2D eigenvalue weighted by Crippen LogP contribution is 2.46. The zero-order chi connectivity index (χ0) is 70.9. The number of furan rings is 3. The van der Waals surface area contributed by atoms with Crippen molar-refractivity contribution in [1.82, 2.24) is 43.6 Å². The van der Waals surface area contributed by atoms with Gasteiger partial charge >= 0.3 is 0 Å². The van der Waals surface area contributed by atoms with Crippen LogP contribution in [0.5, 0.6) is 0 Å². The van der Waals surface area contributed by atoms with Crippen LogP contribution in [0, 0.1) is 0 Å². The molecule has 12 nitrogen and oxygen atoms in total. The van der Waals surface area contributed by atoms with Crippen molar-refractivity contribution in [1.29, 1.82) is 0 Å². The van der Waals surface area contributed by atoms with Crippen molar-refractivity contribution < 1.29 is 13.3 Å². The second-order valence-corrected chi connectivity index (χ2v) is 27.2. The molecule has 504 valence electrons. The van der Waals surface area contributed by atoms with Crippen LogP contribution in [0.4, 0.5) is 0 Å². The van der Waals surface area contributed by atoms with Crippen molar-refractivity contribution in [3.63, 3.8) is 0 Å². The van der Waals surface area contributed by atoms with E-state index in [-0.39, 0.29) is 0 Å². The van der Waals surface area contributed by atoms with E-state index in [0.717, 1.165) is 144 Å². The highest BCUT2D eigenvalue weighted by molar-refractivity contribution is 6.29. The Balaban J connectivity index is 0.000000135. The maximum atomic E-state index is 6.71. The van der Waals surface area contributed by atoms with Gasteiger partial charge in [0.15, 0.2) is 40.5 Å². The van der Waals surface area contributed by atoms with Crippen LogP contribution in [0.1, 0.15) is 0 Å². The average molecular weight is 1380 g/mol. The molecule has 0 aliphatic carbocycles. The fourth-order valence-corrected chi connectivity index (χ4v) is 16.2. The number of nitrogens with zero attached hydrogens (tertiary/aromatic N) is 9. The van der Waals surface area contributed by atoms with Crippen molar-refractivity contribution in [3.05, 3.63) is 346 Å². The van der Waals surface area contributed by atoms with E-state index < -0.39 is 0 Å². The molecular weight excluding hydrogens is 1330 g/mol. The standard InChI is InChI=1S/C51H31N5O.C45H26N4O2/c1-4-15-32(16-5-1)49-52-50(33-17-6-2-7-18-33)54-51(53-49)39-24-14-23-36-40-31-35(27-30-45(40)57-48(36)39)56-42-26-13-11-22-38(42)47-44(56)29-28-43-46(47)37-21-10-12-25-41(37)55(43)34-19-8-3-9-20-34;1-3-12-27(13-4-1)43-46-44(28-14-5-2-6-15-28)48-45(47-43)35-19-11-18-33-36-26-29(22-25-39(36)50-41(33)35)49-37-20-9-7-16-30(37)32-23-24-34-31-17-8-10-21-38(31)51-42(34)40(32)49/h1-31H;1-26H. The minimum atomic E-state index is 0.558. The largest absolute Gasteiger partial charge is 0.455 e. The third-order valence-corrected chi connectivity index (χ3v) is 21.0. The number of hydrogen-bond donors (Lipinski definition) is 0. The van der Waals surface area contributed by atoms with Crippen LogP contribution in [-0.2, 0) is 0 Å². The Labute approximate surface area is 615 Å². The molecule has 0 saturated heterocycles. The molecule has 0 aliphatic heterocycles. The monoisotopic (exact) mass is 1380 g/mol. The summed E-state index contributed by atoms with van der Waals surface area (Å²) in [7, 11) is 0. The number of rotatable bonds is 9. The fraction of sp³-hybridized carbons (Fsp3) is 0. The van der Waals surface area contributed by atoms with E-state index in [9.17, 15) is 0 Å². The van der Waals surface area contributed by atoms with E-state index in [1.54, 1.807) is 0 Å². The molecule has 108 heavy (non-hydrogen) atoms. The number of hydrogen-bond acceptors (Lipinski definition) is 9. The lowest BCUT2D eigenvalue weighted by molar-refractivity contribution is 0.669. The van der Waals surface area contributed by atoms with Gasteiger partial charge in [0.1, 0.15) is 27.9 Å². The normalized spacial score (nSPS) is 11.9. The van der Waals surface area contributed by atoms with Crippen molar-refractivity contribution in [2.45, 2.75) is 0 Å². The first-order valence-corrected chi connectivity index (χ1v) is 36.1. The molecule has 15 aromatic carbocycles. The maximum Gasteiger partial charge on any atom is 0.167 e. The molecule has 0 atom stereocenters. The van der Waals surface area contributed by atoms with Crippen LogP contribution in [0.15, 0.2) is 359 Å². The minimum absolute atomic E-state index is 0.558. The number of benzene rings is 15. The van der Waals surface area contributed by atoms with E-state index in [1.165, 1.54) is 38.0 Å². The summed E-state index contributed by atoms with van der Waals surface area (Å²) < 4.78 is 27.1. The van der Waals surface area contributed by atoms with Crippen molar-refractivity contribution in [2.75, 3.05) is 0 Å². The lowest BCUT2D eigenvalue weighted by Crippen LogP contribution is -2.00. The first-order chi connectivity index (χ1) is 53.6. The molecule has 0 unspecified atom stereocenters. The Morgan fingerprint density at radius 3 is 1.02 bits per heavy atom. The fourth-order valence-electron chi connectivity index (χ4n) is 16.2. The zero-order valence-corrected chi connectivity index (χ0v) is 57.7. The lowest BCUT2D eigenvalue weighted by atomic mass is 10.1. The van der Waals surface area contributed by atoms with E-state index >= 15 is 0 Å². The van der Waals surface area contributed by atoms with Gasteiger partial charge in [-0.15, -0.1) is 0 Å². The molecule has 8 aromatic heterocycles. The van der Waals surface area contributed by atoms with E-state index in [0.29, 0.717) is 34.9 Å². The Morgan fingerprint density at radius 2 is 0.537 bits per heavy atom. The van der Waals surface area contributed by atoms with Gasteiger partial charge in [-0.25, -0.2) is 29.9 Å². The lowest BCUT2D eigenvalue weighted by Gasteiger charge is -2.09. The van der Waals surface area contributed by atoms with E-state index in [1.807, 2.05) is 152 Å². The van der Waals surface area contributed by atoms with Gasteiger partial charge in [0, 0.05) is 104 Å². The summed E-state index contributed by atoms with van der Waals surface area (Å²) in [5.41, 5.74) is 20.2. The summed E-state index contributed by atoms with van der Waals surface area (Å²) in [6, 6.07) is 119. The first-order valence-electron chi connectivity index (χ1n) is 36.1. The molecule has 0 spiro atoms. The molecule has 0 fully saturated rings. The van der Waals surface area contributed by atoms with Gasteiger partial charge in [0.05, 0.1) is 44.2 Å². The van der Waals surface area contributed by atoms with Gasteiger partial charge in [0.25, 0.3) is 0 Å². The third-order valence-electron chi connectivity index (χ3n) is 21.0. The molecule has 23 aromatic rings. The zero-order valence-electron chi connectivity index (χ0n) is 57.7. The topological polar surface area (TPSA) is 132 Å². The van der Waals surface area contributed by atoms with Crippen LogP contribution < -0.4 is 0 Å². The first kappa shape index (κ1) is 60.7. The Hall–Kier alpha value is -14.9. The molecule has 0 saturated carbocycles. The van der Waals surface area contributed by atoms with Crippen molar-refractivity contribution >= 4 is 131 Å². The molecular formula is C96H57N9O3. The van der Waals surface area contributed by atoms with Crippen molar-refractivity contribution in [3.8, 4) is 85.4 Å². The average Bonchev–Trinajstić information content (AvgIpc) is 1.55. The van der Waals surface area contributed by atoms with Gasteiger partial charge in [-0.1, -0.05) is 243 Å². The summed E-state index contributed by atoms with van der Waals surface area (Å²) in [5, 5.41) is 13.5. The van der Waals surface area contributed by atoms with Crippen molar-refractivity contribution in [2.24, 2.45) is 0 Å². The van der Waals surface area contributed by atoms with E-state index in [4.69, 9.17) is 43.2 Å². The summed E-state index contributed by atoms with van der Waals surface area (Å²) in [6.07, 6.45) is 0. The SMILES string of the molecule is c1ccc(-c2nc(-c3ccccc3)nc(-c3cccc4c3oc3ccc(-n5c6ccccc6c6c7c8ccccc8n(-c8ccccc8)c7ccc65)cc34)n2)cc1.c1ccc(-c2nc(-c3ccccc3)nc(-c3cccc4c3oc3ccc(-n5c6ccccc6c6ccc7c8ccccc8oc7c65)cc34)n2)cc1. The predicted molar refractivity (Wildman–Crippen MR) is 437 cm³/mol. The molecule has 12 heteroatoms. The molecule has 0 aliphatic rings. The second-order valence-electron chi connectivity index (χ2n) is 27.2. The van der Waals surface area contributed by atoms with Crippen LogP contribution >= 0.6 is 0 Å². The highest BCUT2D eigenvalue weighted by atomic mass is 16.3. The molecule has 23 rings (SSSR count). The second kappa shape index (κ2) is 24.4. The summed E-state index contributed by atoms with van der Waals surface area (Å²) in [5.74, 6) is 3.57. The summed E-state index contributed by atoms with van der Waals surface area (Å²) >= 11 is 0. The maximum absolute atomic E-state index is 6.71. The molecule has 0 radical (unpaired) electrons. The van der Waals surface area contributed by atoms with Gasteiger partial charge in [0.2, 0.25) is 0 Å². The minimum Gasteiger partial charge on any atom is -0.455 e. The van der Waals surface area contributed by atoms with Gasteiger partial charge in [-0.05, 0) is 103 Å². The molecule has 0 amide bonds. The Kier molecular flexibility index (Phi) is 13.7. The number of fused-ring (bicyclic) bond motifs is 20. The quantitative estimate of drug-likeness (QED) is 0.139. The smallest absolute Gasteiger partial charge is 0.167 e. The highest BCUT2D eigenvalue weighted by Gasteiger charge is 2.26. The molecule has 8 heterocycles. The van der Waals surface area contributed by atoms with Crippen LogP contribution in [0.2, 0.25) is 0 Å².